The van der Waals surface area contributed by atoms with E-state index in [9.17, 15) is 38.4 Å². The number of thioether (sulfide) groups is 1. The average molecular weight is 1180 g/mol. The van der Waals surface area contributed by atoms with Crippen LogP contribution in [0.5, 0.6) is 5.75 Å². The van der Waals surface area contributed by atoms with E-state index in [0.717, 1.165) is 36.1 Å². The van der Waals surface area contributed by atoms with Gasteiger partial charge < -0.3 is 103 Å². The van der Waals surface area contributed by atoms with Gasteiger partial charge in [-0.15, -0.1) is 0 Å². The minimum atomic E-state index is -1.02. The number of hydrogen-bond donors (Lipinski definition) is 19. The monoisotopic (exact) mass is 1180 g/mol. The van der Waals surface area contributed by atoms with Gasteiger partial charge >= 0.3 is 47.8 Å². The number of nitrogens with two attached hydrogens (primary N) is 9. The van der Waals surface area contributed by atoms with Gasteiger partial charge in [0.1, 0.15) is 54.1 Å². The van der Waals surface area contributed by atoms with E-state index in [0.29, 0.717) is 43.8 Å². The molecule has 0 aliphatic carbocycles. The molecule has 9 unspecified atom stereocenters. The lowest BCUT2D eigenvalue weighted by Gasteiger charge is -2.11. The molecule has 1 heterocycles. The standard InChI is InChI=1S/C9H11NO3.C9H11NO2.C6H9N3O2.C6H14N2O2.2C6H13NO2.C5H11NO2S.C5H11NO2/c10-8(9(12)13)5-6-1-3-7(11)4-2-6;10-8(9(11)12)6-7-4-2-1-3-5-7;7-5(6(10)11)1-4-2-8-3-9-4;7-4-2-1-3-5(8)6(9)10;1-4(2)3-5(7)6(8)9;1-3-4(2)5(7)6(8)9;1-9-3-2-4(6)5(7)8;1-3(2)4(6)5(7)8/h1-4,8,11H,5,10H2,(H,12,13);1-5,8H,6,10H2,(H,11,12);2-3,5H,1,7H2,(H,8,9)(H,10,11);5H,1-4,7-8H2,(H,9,10);2*4-5H,3,7H2,1-2H3,(H,8,9);4H,2-3,6H2,1H3,(H,7,8);3-4H,6H2,1-2H3,(H,7,8). The fraction of sp³-hybridized carbons (Fsp3) is 0.558. The molecule has 0 spiro atoms. The van der Waals surface area contributed by atoms with Gasteiger partial charge in [-0.2, -0.15) is 11.8 Å². The molecule has 0 fully saturated rings. The number of carboxylic acid groups (broad SMARTS) is 8. The second-order valence-corrected chi connectivity index (χ2v) is 19.5. The number of benzene rings is 2. The summed E-state index contributed by atoms with van der Waals surface area (Å²) in [6, 6.07) is 9.61. The van der Waals surface area contributed by atoms with E-state index in [1.807, 2.05) is 64.3 Å². The molecule has 0 aliphatic heterocycles. The lowest BCUT2D eigenvalue weighted by atomic mass is 10.0. The second kappa shape index (κ2) is 50.2. The predicted octanol–water partition coefficient (Wildman–Crippen LogP) is 0.973. The van der Waals surface area contributed by atoms with Crippen molar-refractivity contribution >= 4 is 59.5 Å². The van der Waals surface area contributed by atoms with Crippen molar-refractivity contribution in [3.05, 3.63) is 83.9 Å². The van der Waals surface area contributed by atoms with Gasteiger partial charge in [-0.1, -0.05) is 96.8 Å². The van der Waals surface area contributed by atoms with Crippen molar-refractivity contribution in [2.75, 3.05) is 18.6 Å². The first-order valence-electron chi connectivity index (χ1n) is 25.4. The third-order valence-electron chi connectivity index (χ3n) is 10.5. The van der Waals surface area contributed by atoms with Crippen LogP contribution in [0.4, 0.5) is 0 Å². The first kappa shape index (κ1) is 83.0. The quantitative estimate of drug-likeness (QED) is 0.0498. The summed E-state index contributed by atoms with van der Waals surface area (Å²) >= 11 is 1.60. The molecule has 9 atom stereocenters. The number of aliphatic carboxylic acids is 8. The van der Waals surface area contributed by atoms with E-state index in [2.05, 4.69) is 9.97 Å². The summed E-state index contributed by atoms with van der Waals surface area (Å²) < 4.78 is 0. The van der Waals surface area contributed by atoms with Gasteiger partial charge in [0.15, 0.2) is 0 Å². The molecule has 0 aliphatic rings. The number of nitrogens with zero attached hydrogens (tertiary/aromatic N) is 1. The van der Waals surface area contributed by atoms with Crippen molar-refractivity contribution in [1.82, 2.24) is 9.97 Å². The Morgan fingerprint density at radius 3 is 1.23 bits per heavy atom. The van der Waals surface area contributed by atoms with Crippen LogP contribution in [0.15, 0.2) is 67.1 Å². The van der Waals surface area contributed by atoms with Crippen molar-refractivity contribution < 1.29 is 84.3 Å². The third kappa shape index (κ3) is 51.1. The largest absolute Gasteiger partial charge is 0.508 e. The number of unbranched alkanes of at least 4 members (excludes halogenated alkanes) is 1. The maximum atomic E-state index is 10.4. The number of phenols is 1. The smallest absolute Gasteiger partial charge is 0.320 e. The fourth-order valence-electron chi connectivity index (χ4n) is 5.04. The van der Waals surface area contributed by atoms with Crippen LogP contribution in [0.3, 0.4) is 0 Å². The second-order valence-electron chi connectivity index (χ2n) is 18.5. The maximum Gasteiger partial charge on any atom is 0.320 e. The summed E-state index contributed by atoms with van der Waals surface area (Å²) in [5.41, 5.74) is 49.6. The fourth-order valence-corrected chi connectivity index (χ4v) is 5.52. The molecule has 1 aromatic heterocycles. The molecule has 81 heavy (non-hydrogen) atoms. The Hall–Kier alpha value is -6.80. The van der Waals surface area contributed by atoms with Gasteiger partial charge in [0.05, 0.1) is 12.0 Å². The summed E-state index contributed by atoms with van der Waals surface area (Å²) in [6.45, 7) is 11.8. The van der Waals surface area contributed by atoms with Crippen LogP contribution in [-0.4, -0.2) is 171 Å². The molecule has 0 bridgehead atoms. The van der Waals surface area contributed by atoms with E-state index < -0.39 is 96.1 Å². The zero-order chi connectivity index (χ0) is 64.0. The highest BCUT2D eigenvalue weighted by atomic mass is 32.2. The number of aromatic hydroxyl groups is 1. The Morgan fingerprint density at radius 2 is 0.938 bits per heavy atom. The number of imidazole rings is 1. The lowest BCUT2D eigenvalue weighted by molar-refractivity contribution is -0.140. The van der Waals surface area contributed by atoms with Crippen molar-refractivity contribution in [1.29, 1.82) is 0 Å². The molecular weight excluding hydrogens is 1080 g/mol. The van der Waals surface area contributed by atoms with Gasteiger partial charge in [0.25, 0.3) is 0 Å². The number of aromatic nitrogens is 2. The molecule has 0 saturated heterocycles. The van der Waals surface area contributed by atoms with Crippen LogP contribution >= 0.6 is 11.8 Å². The van der Waals surface area contributed by atoms with Crippen molar-refractivity contribution in [3.63, 3.8) is 0 Å². The molecule has 28 N–H and O–H groups in total. The molecule has 0 radical (unpaired) electrons. The van der Waals surface area contributed by atoms with Gasteiger partial charge in [-0.05, 0) is 98.1 Å². The normalized spacial score (nSPS) is 13.4. The summed E-state index contributed by atoms with van der Waals surface area (Å²) in [5.74, 6) is -6.17. The molecule has 464 valence electrons. The Morgan fingerprint density at radius 1 is 0.531 bits per heavy atom. The zero-order valence-corrected chi connectivity index (χ0v) is 48.1. The molecule has 29 heteroatoms. The number of rotatable bonds is 26. The summed E-state index contributed by atoms with van der Waals surface area (Å²) in [5, 5.41) is 75.9. The first-order valence-corrected chi connectivity index (χ1v) is 26.8. The van der Waals surface area contributed by atoms with Crippen LogP contribution in [-0.2, 0) is 57.6 Å². The van der Waals surface area contributed by atoms with Gasteiger partial charge in [-0.3, -0.25) is 38.4 Å². The Balaban J connectivity index is -0.000000273. The molecular formula is C52H93N11O17S. The van der Waals surface area contributed by atoms with Crippen molar-refractivity contribution in [3.8, 4) is 5.75 Å². The van der Waals surface area contributed by atoms with E-state index >= 15 is 0 Å². The number of hydrogen-bond acceptors (Lipinski definition) is 20. The Bertz CT molecular complexity index is 2150. The highest BCUT2D eigenvalue weighted by Gasteiger charge is 2.18. The average Bonchev–Trinajstić information content (AvgIpc) is 3.92. The first-order chi connectivity index (χ1) is 37.5. The van der Waals surface area contributed by atoms with E-state index in [-0.39, 0.29) is 30.4 Å². The zero-order valence-electron chi connectivity index (χ0n) is 47.3. The molecule has 28 nitrogen and oxygen atoms in total. The van der Waals surface area contributed by atoms with E-state index in [1.54, 1.807) is 43.9 Å². The van der Waals surface area contributed by atoms with Gasteiger partial charge in [-0.25, -0.2) is 4.98 Å². The number of carbonyl (C=O) groups is 8. The molecule has 0 amide bonds. The highest BCUT2D eigenvalue weighted by molar-refractivity contribution is 7.98. The number of carboxylic acids is 8. The number of nitrogens with one attached hydrogen (secondary N) is 1. The van der Waals surface area contributed by atoms with Crippen LogP contribution in [0.25, 0.3) is 0 Å². The SMILES string of the molecule is CC(C)C(N)C(=O)O.CC(C)CC(N)C(=O)O.CCC(C)C(N)C(=O)O.CSCCC(N)C(=O)O.NC(Cc1c[nH]cn1)C(=O)O.NC(Cc1ccc(O)cc1)C(=O)O.NC(Cc1ccccc1)C(=O)O.NCCCCC(N)C(=O)O. The van der Waals surface area contributed by atoms with Crippen LogP contribution in [0, 0.1) is 17.8 Å². The Kier molecular flexibility index (Phi) is 51.4. The van der Waals surface area contributed by atoms with Crippen LogP contribution in [0.1, 0.15) is 96.9 Å². The predicted molar refractivity (Wildman–Crippen MR) is 309 cm³/mol. The maximum absolute atomic E-state index is 10.4. The molecule has 3 aromatic rings. The number of aromatic amines is 1. The van der Waals surface area contributed by atoms with Crippen LogP contribution < -0.4 is 51.6 Å². The molecule has 0 saturated carbocycles. The van der Waals surface area contributed by atoms with Crippen LogP contribution in [0.2, 0.25) is 0 Å². The topological polar surface area (TPSA) is 581 Å². The van der Waals surface area contributed by atoms with Crippen molar-refractivity contribution in [2.24, 2.45) is 69.4 Å². The molecule has 2 aromatic carbocycles. The van der Waals surface area contributed by atoms with Gasteiger partial charge in [0, 0.05) is 12.6 Å². The van der Waals surface area contributed by atoms with Crippen molar-refractivity contribution in [2.45, 2.75) is 148 Å². The van der Waals surface area contributed by atoms with Gasteiger partial charge in [0.2, 0.25) is 0 Å². The minimum absolute atomic E-state index is 0.0208. The summed E-state index contributed by atoms with van der Waals surface area (Å²) in [6.07, 6.45) is 10.0. The van der Waals surface area contributed by atoms with E-state index in [1.165, 1.54) is 18.5 Å². The Labute approximate surface area is 477 Å². The third-order valence-corrected chi connectivity index (χ3v) is 11.1. The highest BCUT2D eigenvalue weighted by Crippen LogP contribution is 2.11. The summed E-state index contributed by atoms with van der Waals surface area (Å²) in [7, 11) is 0. The number of H-pyrrole nitrogens is 1. The van der Waals surface area contributed by atoms with E-state index in [4.69, 9.17) is 97.6 Å². The number of phenolic OH excluding ortho intramolecular Hbond substituents is 1. The summed E-state index contributed by atoms with van der Waals surface area (Å²) in [4.78, 5) is 88.1. The minimum Gasteiger partial charge on any atom is -0.508 e. The lowest BCUT2D eigenvalue weighted by Crippen LogP contribution is -2.36. The molecule has 3 rings (SSSR count).